The molecule has 162 valence electrons. The predicted octanol–water partition coefficient (Wildman–Crippen LogP) is 2.11. The fraction of sp³-hybridized carbons (Fsp3) is 0.227. The molecule has 0 bridgehead atoms. The number of esters is 1. The average Bonchev–Trinajstić information content (AvgIpc) is 3.08. The van der Waals surface area contributed by atoms with Crippen molar-refractivity contribution in [2.75, 3.05) is 37.4 Å². The van der Waals surface area contributed by atoms with Gasteiger partial charge in [0.25, 0.3) is 5.91 Å². The van der Waals surface area contributed by atoms with Crippen LogP contribution >= 0.6 is 0 Å². The number of carbonyl (C=O) groups excluding carboxylic acids is 3. The second-order valence-electron chi connectivity index (χ2n) is 6.69. The monoisotopic (exact) mass is 425 g/mol. The molecule has 1 aliphatic heterocycles. The van der Waals surface area contributed by atoms with E-state index in [1.165, 1.54) is 12.0 Å². The maximum absolute atomic E-state index is 12.6. The molecule has 0 saturated heterocycles. The Bertz CT molecular complexity index is 990. The van der Waals surface area contributed by atoms with Gasteiger partial charge in [-0.3, -0.25) is 10.1 Å². The Balaban J connectivity index is 1.68. The zero-order valence-corrected chi connectivity index (χ0v) is 17.0. The molecule has 0 saturated carbocycles. The van der Waals surface area contributed by atoms with Crippen molar-refractivity contribution in [3.63, 3.8) is 0 Å². The van der Waals surface area contributed by atoms with Gasteiger partial charge in [-0.2, -0.15) is 0 Å². The Kier molecular flexibility index (Phi) is 7.23. The van der Waals surface area contributed by atoms with Gasteiger partial charge < -0.3 is 24.8 Å². The second kappa shape index (κ2) is 10.3. The normalized spacial score (nSPS) is 13.2. The van der Waals surface area contributed by atoms with Crippen LogP contribution in [0.4, 0.5) is 16.2 Å². The van der Waals surface area contributed by atoms with Crippen LogP contribution in [0.25, 0.3) is 0 Å². The first-order chi connectivity index (χ1) is 15.0. The number of aliphatic hydroxyl groups is 1. The van der Waals surface area contributed by atoms with Gasteiger partial charge in [0.05, 0.1) is 25.8 Å². The molecule has 0 atom stereocenters. The SMILES string of the molecule is COC(=O)C1=C(Nc2cccc(NC(=O)OCc3ccccc3)c2)C(=O)N(CCO)C1. The smallest absolute Gasteiger partial charge is 0.411 e. The molecular weight excluding hydrogens is 402 g/mol. The van der Waals surface area contributed by atoms with E-state index in [1.807, 2.05) is 30.3 Å². The van der Waals surface area contributed by atoms with E-state index in [0.717, 1.165) is 5.56 Å². The van der Waals surface area contributed by atoms with Gasteiger partial charge in [-0.1, -0.05) is 36.4 Å². The summed E-state index contributed by atoms with van der Waals surface area (Å²) in [5.41, 5.74) is 2.03. The number of nitrogens with zero attached hydrogens (tertiary/aromatic N) is 1. The summed E-state index contributed by atoms with van der Waals surface area (Å²) in [6, 6.07) is 15.9. The molecule has 2 amide bonds. The summed E-state index contributed by atoms with van der Waals surface area (Å²) in [4.78, 5) is 38.1. The van der Waals surface area contributed by atoms with Crippen LogP contribution in [0.1, 0.15) is 5.56 Å². The van der Waals surface area contributed by atoms with Crippen molar-refractivity contribution < 1.29 is 29.0 Å². The van der Waals surface area contributed by atoms with Crippen LogP contribution in [0.15, 0.2) is 65.9 Å². The Morgan fingerprint density at radius 3 is 2.55 bits per heavy atom. The number of nitrogens with one attached hydrogen (secondary N) is 2. The summed E-state index contributed by atoms with van der Waals surface area (Å²) >= 11 is 0. The molecule has 3 rings (SSSR count). The minimum Gasteiger partial charge on any atom is -0.466 e. The highest BCUT2D eigenvalue weighted by Gasteiger charge is 2.34. The number of ether oxygens (including phenoxy) is 2. The quantitative estimate of drug-likeness (QED) is 0.555. The molecule has 0 aliphatic carbocycles. The molecule has 0 unspecified atom stereocenters. The molecule has 0 aromatic heterocycles. The number of hydrogen-bond acceptors (Lipinski definition) is 7. The molecule has 3 N–H and O–H groups in total. The number of β-amino-alcohol motifs (C(OH)–C–C–N with tert-alkyl or cyclic N) is 1. The van der Waals surface area contributed by atoms with E-state index in [-0.39, 0.29) is 37.6 Å². The van der Waals surface area contributed by atoms with Crippen LogP contribution in [-0.2, 0) is 25.7 Å². The Morgan fingerprint density at radius 1 is 1.10 bits per heavy atom. The first kappa shape index (κ1) is 21.8. The Morgan fingerprint density at radius 2 is 1.84 bits per heavy atom. The van der Waals surface area contributed by atoms with Crippen molar-refractivity contribution in [1.82, 2.24) is 4.90 Å². The summed E-state index contributed by atoms with van der Waals surface area (Å²) in [6.45, 7) is 0.0463. The lowest BCUT2D eigenvalue weighted by Gasteiger charge is -2.15. The van der Waals surface area contributed by atoms with Crippen LogP contribution in [0.5, 0.6) is 0 Å². The molecule has 1 aliphatic rings. The number of aliphatic hydroxyl groups excluding tert-OH is 1. The number of amides is 2. The number of benzene rings is 2. The third-order valence-electron chi connectivity index (χ3n) is 4.54. The zero-order chi connectivity index (χ0) is 22.2. The Hall–Kier alpha value is -3.85. The maximum atomic E-state index is 12.6. The lowest BCUT2D eigenvalue weighted by Crippen LogP contribution is -2.31. The van der Waals surface area contributed by atoms with Crippen LogP contribution in [-0.4, -0.2) is 54.8 Å². The van der Waals surface area contributed by atoms with Crippen LogP contribution < -0.4 is 10.6 Å². The Labute approximate surface area is 179 Å². The van der Waals surface area contributed by atoms with E-state index in [0.29, 0.717) is 11.4 Å². The highest BCUT2D eigenvalue weighted by molar-refractivity contribution is 6.08. The summed E-state index contributed by atoms with van der Waals surface area (Å²) < 4.78 is 9.97. The molecule has 2 aromatic rings. The van der Waals surface area contributed by atoms with E-state index in [1.54, 1.807) is 24.3 Å². The highest BCUT2D eigenvalue weighted by Crippen LogP contribution is 2.24. The van der Waals surface area contributed by atoms with Gasteiger partial charge in [0, 0.05) is 17.9 Å². The minimum absolute atomic E-state index is 0.0398. The summed E-state index contributed by atoms with van der Waals surface area (Å²) in [7, 11) is 1.23. The molecule has 2 aromatic carbocycles. The van der Waals surface area contributed by atoms with Crippen molar-refractivity contribution >= 4 is 29.3 Å². The third kappa shape index (κ3) is 5.61. The predicted molar refractivity (Wildman–Crippen MR) is 113 cm³/mol. The van der Waals surface area contributed by atoms with Crippen molar-refractivity contribution in [3.8, 4) is 0 Å². The third-order valence-corrected chi connectivity index (χ3v) is 4.54. The van der Waals surface area contributed by atoms with Gasteiger partial charge in [-0.05, 0) is 23.8 Å². The van der Waals surface area contributed by atoms with Crippen molar-refractivity contribution in [3.05, 3.63) is 71.4 Å². The van der Waals surface area contributed by atoms with Gasteiger partial charge in [0.2, 0.25) is 0 Å². The molecule has 9 nitrogen and oxygen atoms in total. The van der Waals surface area contributed by atoms with Crippen LogP contribution in [0.3, 0.4) is 0 Å². The zero-order valence-electron chi connectivity index (χ0n) is 17.0. The molecule has 1 heterocycles. The number of anilines is 2. The van der Waals surface area contributed by atoms with Crippen LogP contribution in [0.2, 0.25) is 0 Å². The molecular formula is C22H23N3O6. The summed E-state index contributed by atoms with van der Waals surface area (Å²) in [6.07, 6.45) is -0.624. The van der Waals surface area contributed by atoms with E-state index in [2.05, 4.69) is 10.6 Å². The summed E-state index contributed by atoms with van der Waals surface area (Å²) in [5.74, 6) is -1.05. The van der Waals surface area contributed by atoms with Crippen molar-refractivity contribution in [2.24, 2.45) is 0 Å². The molecule has 0 fully saturated rings. The van der Waals surface area contributed by atoms with Crippen molar-refractivity contribution in [1.29, 1.82) is 0 Å². The largest absolute Gasteiger partial charge is 0.466 e. The van der Waals surface area contributed by atoms with E-state index < -0.39 is 18.0 Å². The van der Waals surface area contributed by atoms with E-state index in [4.69, 9.17) is 14.6 Å². The van der Waals surface area contributed by atoms with Gasteiger partial charge in [0.1, 0.15) is 12.3 Å². The average molecular weight is 425 g/mol. The second-order valence-corrected chi connectivity index (χ2v) is 6.69. The fourth-order valence-corrected chi connectivity index (χ4v) is 3.05. The fourth-order valence-electron chi connectivity index (χ4n) is 3.05. The highest BCUT2D eigenvalue weighted by atomic mass is 16.5. The lowest BCUT2D eigenvalue weighted by atomic mass is 10.2. The first-order valence-corrected chi connectivity index (χ1v) is 9.58. The lowest BCUT2D eigenvalue weighted by molar-refractivity contribution is -0.136. The number of carbonyl (C=O) groups is 3. The van der Waals surface area contributed by atoms with Crippen molar-refractivity contribution in [2.45, 2.75) is 6.61 Å². The molecule has 9 heteroatoms. The van der Waals surface area contributed by atoms with Gasteiger partial charge in [-0.15, -0.1) is 0 Å². The molecule has 0 radical (unpaired) electrons. The maximum Gasteiger partial charge on any atom is 0.411 e. The van der Waals surface area contributed by atoms with Crippen LogP contribution in [0, 0.1) is 0 Å². The standard InChI is InChI=1S/C22H23N3O6/c1-30-21(28)18-13-25(10-11-26)20(27)19(18)23-16-8-5-9-17(12-16)24-22(29)31-14-15-6-3-2-4-7-15/h2-9,12,23,26H,10-11,13-14H2,1H3,(H,24,29). The number of hydrogen-bond donors (Lipinski definition) is 3. The number of methoxy groups -OCH3 is 1. The number of rotatable bonds is 8. The topological polar surface area (TPSA) is 117 Å². The molecule has 0 spiro atoms. The summed E-state index contributed by atoms with van der Waals surface area (Å²) in [5, 5.41) is 14.7. The van der Waals surface area contributed by atoms with E-state index >= 15 is 0 Å². The van der Waals surface area contributed by atoms with Gasteiger partial charge in [0.15, 0.2) is 0 Å². The minimum atomic E-state index is -0.630. The molecule has 31 heavy (non-hydrogen) atoms. The van der Waals surface area contributed by atoms with Gasteiger partial charge >= 0.3 is 12.1 Å². The first-order valence-electron chi connectivity index (χ1n) is 9.58. The van der Waals surface area contributed by atoms with Gasteiger partial charge in [-0.25, -0.2) is 9.59 Å². The van der Waals surface area contributed by atoms with E-state index in [9.17, 15) is 14.4 Å².